The Balaban J connectivity index is 1.89. The smallest absolute Gasteiger partial charge is 0.270 e. The van der Waals surface area contributed by atoms with Crippen LogP contribution in [0, 0.1) is 12.7 Å². The maximum Gasteiger partial charge on any atom is 0.270 e. The van der Waals surface area contributed by atoms with E-state index in [1.807, 2.05) is 0 Å². The highest BCUT2D eigenvalue weighted by molar-refractivity contribution is 5.92. The van der Waals surface area contributed by atoms with Gasteiger partial charge in [-0.2, -0.15) is 0 Å². The number of benzene rings is 1. The second kappa shape index (κ2) is 9.10. The Morgan fingerprint density at radius 3 is 2.60 bits per heavy atom. The molecule has 0 atom stereocenters. The van der Waals surface area contributed by atoms with Crippen LogP contribution in [0.1, 0.15) is 21.6 Å². The highest BCUT2D eigenvalue weighted by atomic mass is 19.1. The minimum absolute atomic E-state index is 0.220. The summed E-state index contributed by atoms with van der Waals surface area (Å²) in [5, 5.41) is 2.67. The van der Waals surface area contributed by atoms with E-state index in [-0.39, 0.29) is 30.6 Å². The van der Waals surface area contributed by atoms with Gasteiger partial charge < -0.3 is 19.5 Å². The second-order valence-electron chi connectivity index (χ2n) is 5.42. The maximum absolute atomic E-state index is 13.3. The van der Waals surface area contributed by atoms with Gasteiger partial charge in [0, 0.05) is 32.0 Å². The molecule has 0 bridgehead atoms. The number of pyridine rings is 1. The van der Waals surface area contributed by atoms with Gasteiger partial charge in [0.05, 0.1) is 6.54 Å². The first-order chi connectivity index (χ1) is 12.0. The Morgan fingerprint density at radius 2 is 2.00 bits per heavy atom. The molecule has 2 aromatic rings. The van der Waals surface area contributed by atoms with Gasteiger partial charge in [-0.1, -0.05) is 6.07 Å². The summed E-state index contributed by atoms with van der Waals surface area (Å²) in [7, 11) is 2.99. The quantitative estimate of drug-likeness (QED) is 0.742. The fraction of sp³-hybridized carbons (Fsp3) is 0.333. The molecule has 25 heavy (non-hydrogen) atoms. The fourth-order valence-electron chi connectivity index (χ4n) is 2.13. The number of aryl methyl sites for hydroxylation is 1. The van der Waals surface area contributed by atoms with Gasteiger partial charge in [-0.15, -0.1) is 0 Å². The normalized spacial score (nSPS) is 10.8. The fourth-order valence-corrected chi connectivity index (χ4v) is 2.13. The molecule has 0 aliphatic carbocycles. The lowest BCUT2D eigenvalue weighted by Crippen LogP contribution is -2.34. The monoisotopic (exact) mass is 348 g/mol. The molecule has 0 fully saturated rings. The van der Waals surface area contributed by atoms with Crippen molar-refractivity contribution in [1.82, 2.24) is 10.3 Å². The van der Waals surface area contributed by atoms with E-state index in [0.717, 1.165) is 11.1 Å². The number of ether oxygens (including phenoxy) is 3. The molecule has 134 valence electrons. The lowest BCUT2D eigenvalue weighted by molar-refractivity contribution is -0.0974. The number of amides is 1. The summed E-state index contributed by atoms with van der Waals surface area (Å²) in [6.45, 7) is 2.24. The van der Waals surface area contributed by atoms with Crippen molar-refractivity contribution in [2.45, 2.75) is 19.8 Å². The van der Waals surface area contributed by atoms with Crippen molar-refractivity contribution in [2.24, 2.45) is 0 Å². The minimum atomic E-state index is -0.508. The Morgan fingerprint density at radius 1 is 1.24 bits per heavy atom. The van der Waals surface area contributed by atoms with Crippen molar-refractivity contribution in [3.8, 4) is 5.75 Å². The zero-order chi connectivity index (χ0) is 18.2. The number of carbonyl (C=O) groups is 1. The van der Waals surface area contributed by atoms with Crippen LogP contribution in [-0.2, 0) is 16.1 Å². The molecule has 1 aromatic carbocycles. The van der Waals surface area contributed by atoms with Crippen LogP contribution in [0.25, 0.3) is 0 Å². The molecular weight excluding hydrogens is 327 g/mol. The van der Waals surface area contributed by atoms with Crippen LogP contribution < -0.4 is 10.1 Å². The summed E-state index contributed by atoms with van der Waals surface area (Å²) in [6.07, 6.45) is 1.04. The number of halogens is 1. The second-order valence-corrected chi connectivity index (χ2v) is 5.42. The highest BCUT2D eigenvalue weighted by Gasteiger charge is 2.11. The summed E-state index contributed by atoms with van der Waals surface area (Å²) >= 11 is 0. The average molecular weight is 348 g/mol. The molecule has 1 amide bonds. The van der Waals surface area contributed by atoms with Crippen molar-refractivity contribution in [3.05, 3.63) is 59.2 Å². The van der Waals surface area contributed by atoms with Crippen LogP contribution in [0.15, 0.2) is 36.5 Å². The number of hydrogen-bond donors (Lipinski definition) is 1. The van der Waals surface area contributed by atoms with Gasteiger partial charge in [-0.25, -0.2) is 4.39 Å². The molecule has 1 heterocycles. The van der Waals surface area contributed by atoms with E-state index >= 15 is 0 Å². The molecule has 1 N–H and O–H groups in total. The van der Waals surface area contributed by atoms with Crippen LogP contribution in [0.4, 0.5) is 4.39 Å². The van der Waals surface area contributed by atoms with Crippen molar-refractivity contribution < 1.29 is 23.4 Å². The summed E-state index contributed by atoms with van der Waals surface area (Å²) in [5.41, 5.74) is 1.83. The van der Waals surface area contributed by atoms with Crippen molar-refractivity contribution in [2.75, 3.05) is 20.8 Å². The molecule has 0 spiro atoms. The van der Waals surface area contributed by atoms with Crippen LogP contribution in [0.3, 0.4) is 0 Å². The van der Waals surface area contributed by atoms with E-state index < -0.39 is 6.29 Å². The Hall–Kier alpha value is -2.51. The van der Waals surface area contributed by atoms with Gasteiger partial charge in [0.1, 0.15) is 23.9 Å². The zero-order valence-electron chi connectivity index (χ0n) is 14.4. The van der Waals surface area contributed by atoms with Gasteiger partial charge in [-0.05, 0) is 30.7 Å². The molecule has 1 aromatic heterocycles. The number of nitrogens with one attached hydrogen (secondary N) is 1. The van der Waals surface area contributed by atoms with Crippen molar-refractivity contribution >= 4 is 5.91 Å². The van der Waals surface area contributed by atoms with Crippen molar-refractivity contribution in [1.29, 1.82) is 0 Å². The predicted molar refractivity (Wildman–Crippen MR) is 89.8 cm³/mol. The predicted octanol–water partition coefficient (Wildman–Crippen LogP) is 2.46. The summed E-state index contributed by atoms with van der Waals surface area (Å²) < 4.78 is 28.9. The zero-order valence-corrected chi connectivity index (χ0v) is 14.4. The Kier molecular flexibility index (Phi) is 6.85. The van der Waals surface area contributed by atoms with E-state index in [1.54, 1.807) is 31.3 Å². The van der Waals surface area contributed by atoms with Crippen molar-refractivity contribution in [3.63, 3.8) is 0 Å². The number of methoxy groups -OCH3 is 2. The third kappa shape index (κ3) is 5.81. The number of aromatic nitrogens is 1. The minimum Gasteiger partial charge on any atom is -0.489 e. The third-order valence-corrected chi connectivity index (χ3v) is 3.43. The van der Waals surface area contributed by atoms with E-state index in [9.17, 15) is 9.18 Å². The molecular formula is C18H21FN2O4. The number of nitrogens with zero attached hydrogens (tertiary/aromatic N) is 1. The summed E-state index contributed by atoms with van der Waals surface area (Å²) in [5.74, 6) is -0.220. The molecule has 2 rings (SSSR count). The largest absolute Gasteiger partial charge is 0.489 e. The van der Waals surface area contributed by atoms with E-state index in [2.05, 4.69) is 10.3 Å². The van der Waals surface area contributed by atoms with Gasteiger partial charge in [0.25, 0.3) is 5.91 Å². The van der Waals surface area contributed by atoms with Crippen LogP contribution in [0.5, 0.6) is 5.75 Å². The first kappa shape index (κ1) is 18.8. The van der Waals surface area contributed by atoms with E-state index in [0.29, 0.717) is 5.75 Å². The van der Waals surface area contributed by atoms with Gasteiger partial charge in [0.15, 0.2) is 6.29 Å². The van der Waals surface area contributed by atoms with E-state index in [1.165, 1.54) is 26.4 Å². The molecule has 0 saturated carbocycles. The Bertz CT molecular complexity index is 682. The number of carbonyl (C=O) groups excluding carboxylic acids is 1. The summed E-state index contributed by atoms with van der Waals surface area (Å²) in [6, 6.07) is 7.84. The van der Waals surface area contributed by atoms with Gasteiger partial charge >= 0.3 is 0 Å². The topological polar surface area (TPSA) is 69.7 Å². The Labute approximate surface area is 145 Å². The molecule has 0 radical (unpaired) electrons. The molecule has 0 aliphatic heterocycles. The lowest BCUT2D eigenvalue weighted by atomic mass is 10.2. The molecule has 0 saturated heterocycles. The molecule has 7 heteroatoms. The van der Waals surface area contributed by atoms with Crippen LogP contribution >= 0.6 is 0 Å². The molecule has 0 aliphatic rings. The first-order valence-electron chi connectivity index (χ1n) is 7.70. The first-order valence-corrected chi connectivity index (χ1v) is 7.70. The van der Waals surface area contributed by atoms with Gasteiger partial charge in [0.2, 0.25) is 0 Å². The van der Waals surface area contributed by atoms with Crippen LogP contribution in [-0.4, -0.2) is 37.9 Å². The number of hydrogen-bond acceptors (Lipinski definition) is 5. The summed E-state index contributed by atoms with van der Waals surface area (Å²) in [4.78, 5) is 16.1. The van der Waals surface area contributed by atoms with Crippen LogP contribution in [0.2, 0.25) is 0 Å². The number of rotatable bonds is 8. The van der Waals surface area contributed by atoms with Gasteiger partial charge in [-0.3, -0.25) is 9.78 Å². The standard InChI is InChI=1S/C18H21FN2O4/c1-12-6-14(19)8-15(7-12)25-11-13-4-5-16(20-9-13)18(22)21-10-17(23-2)24-3/h4-9,17H,10-11H2,1-3H3,(H,21,22). The lowest BCUT2D eigenvalue weighted by Gasteiger charge is -2.13. The van der Waals surface area contributed by atoms with E-state index in [4.69, 9.17) is 14.2 Å². The maximum atomic E-state index is 13.3. The molecule has 0 unspecified atom stereocenters. The highest BCUT2D eigenvalue weighted by Crippen LogP contribution is 2.17. The SMILES string of the molecule is COC(CNC(=O)c1ccc(COc2cc(C)cc(F)c2)cn1)OC. The average Bonchev–Trinajstić information content (AvgIpc) is 2.60. The molecule has 6 nitrogen and oxygen atoms in total. The third-order valence-electron chi connectivity index (χ3n) is 3.43.